The summed E-state index contributed by atoms with van der Waals surface area (Å²) in [6.45, 7) is 10.8. The lowest BCUT2D eigenvalue weighted by Crippen LogP contribution is -2.37. The molecule has 0 aliphatic carbocycles. The highest BCUT2D eigenvalue weighted by Gasteiger charge is 2.12. The summed E-state index contributed by atoms with van der Waals surface area (Å²) in [7, 11) is 0. The fraction of sp³-hybridized carbons (Fsp3) is 0.562. The molecule has 2 aromatic rings. The van der Waals surface area contributed by atoms with Gasteiger partial charge in [-0.2, -0.15) is 0 Å². The number of fused-ring (bicyclic) bond motifs is 1. The smallest absolute Gasteiger partial charge is 0.111 e. The second-order valence-electron chi connectivity index (χ2n) is 6.10. The van der Waals surface area contributed by atoms with Crippen molar-refractivity contribution in [1.82, 2.24) is 14.9 Å². The second kappa shape index (κ2) is 5.74. The van der Waals surface area contributed by atoms with Gasteiger partial charge in [0.2, 0.25) is 0 Å². The number of aryl methyl sites for hydroxylation is 1. The number of hydrogen-bond acceptors (Lipinski definition) is 2. The molecule has 0 bridgehead atoms. The largest absolute Gasteiger partial charge is 0.328 e. The first-order valence-corrected chi connectivity index (χ1v) is 7.20. The maximum Gasteiger partial charge on any atom is 0.111 e. The molecule has 0 fully saturated rings. The third kappa shape index (κ3) is 3.57. The van der Waals surface area contributed by atoms with Crippen LogP contribution in [0, 0.1) is 0 Å². The summed E-state index contributed by atoms with van der Waals surface area (Å²) in [6, 6.07) is 8.41. The molecule has 3 nitrogen and oxygen atoms in total. The molecule has 0 saturated heterocycles. The van der Waals surface area contributed by atoms with Gasteiger partial charge in [-0.25, -0.2) is 4.98 Å². The highest BCUT2D eigenvalue weighted by molar-refractivity contribution is 5.75. The minimum Gasteiger partial charge on any atom is -0.328 e. The van der Waals surface area contributed by atoms with Gasteiger partial charge < -0.3 is 9.88 Å². The number of rotatable bonds is 5. The zero-order chi connectivity index (χ0) is 13.9. The number of aromatic nitrogens is 2. The molecule has 3 heteroatoms. The molecule has 0 aliphatic heterocycles. The van der Waals surface area contributed by atoms with Gasteiger partial charge in [0.25, 0.3) is 0 Å². The number of benzene rings is 1. The maximum atomic E-state index is 4.77. The van der Waals surface area contributed by atoms with Crippen LogP contribution >= 0.6 is 0 Å². The molecule has 19 heavy (non-hydrogen) atoms. The Morgan fingerprint density at radius 1 is 1.21 bits per heavy atom. The standard InChI is InChI=1S/C16H25N3/c1-5-12-19-14-9-7-6-8-13(14)18-15(19)10-11-17-16(2,3)4/h6-9,17H,5,10-12H2,1-4H3. The summed E-state index contributed by atoms with van der Waals surface area (Å²) >= 11 is 0. The Bertz CT molecular complexity index is 534. The van der Waals surface area contributed by atoms with Crippen molar-refractivity contribution in [1.29, 1.82) is 0 Å². The van der Waals surface area contributed by atoms with Gasteiger partial charge in [-0.05, 0) is 39.3 Å². The zero-order valence-corrected chi connectivity index (χ0v) is 12.5. The number of hydrogen-bond donors (Lipinski definition) is 1. The SMILES string of the molecule is CCCn1c(CCNC(C)(C)C)nc2ccccc21. The van der Waals surface area contributed by atoms with Gasteiger partial charge in [-0.3, -0.25) is 0 Å². The lowest BCUT2D eigenvalue weighted by Gasteiger charge is -2.20. The van der Waals surface area contributed by atoms with Gasteiger partial charge in [-0.1, -0.05) is 19.1 Å². The molecule has 2 rings (SSSR count). The molecule has 0 aliphatic rings. The first-order valence-electron chi connectivity index (χ1n) is 7.20. The third-order valence-electron chi connectivity index (χ3n) is 3.18. The Hall–Kier alpha value is -1.35. The minimum absolute atomic E-state index is 0.168. The summed E-state index contributed by atoms with van der Waals surface area (Å²) in [6.07, 6.45) is 2.12. The van der Waals surface area contributed by atoms with Crippen LogP contribution in [0.5, 0.6) is 0 Å². The van der Waals surface area contributed by atoms with Crippen molar-refractivity contribution in [3.05, 3.63) is 30.1 Å². The molecule has 1 aromatic carbocycles. The molecule has 1 aromatic heterocycles. The van der Waals surface area contributed by atoms with E-state index in [1.807, 2.05) is 0 Å². The quantitative estimate of drug-likeness (QED) is 0.892. The van der Waals surface area contributed by atoms with Crippen molar-refractivity contribution in [3.63, 3.8) is 0 Å². The van der Waals surface area contributed by atoms with Gasteiger partial charge >= 0.3 is 0 Å². The van der Waals surface area contributed by atoms with Crippen molar-refractivity contribution in [3.8, 4) is 0 Å². The molecule has 0 amide bonds. The molecular formula is C16H25N3. The molecule has 104 valence electrons. The van der Waals surface area contributed by atoms with Crippen LogP contribution in [0.3, 0.4) is 0 Å². The highest BCUT2D eigenvalue weighted by atomic mass is 15.1. The van der Waals surface area contributed by atoms with E-state index in [0.29, 0.717) is 0 Å². The van der Waals surface area contributed by atoms with E-state index < -0.39 is 0 Å². The summed E-state index contributed by atoms with van der Waals surface area (Å²) in [4.78, 5) is 4.77. The number of para-hydroxylation sites is 2. The van der Waals surface area contributed by atoms with E-state index in [0.717, 1.165) is 31.4 Å². The average Bonchev–Trinajstić information content (AvgIpc) is 2.67. The normalized spacial score (nSPS) is 12.2. The summed E-state index contributed by atoms with van der Waals surface area (Å²) in [5, 5.41) is 3.53. The number of nitrogens with zero attached hydrogens (tertiary/aromatic N) is 2. The van der Waals surface area contributed by atoms with Crippen LogP contribution in [-0.2, 0) is 13.0 Å². The second-order valence-corrected chi connectivity index (χ2v) is 6.10. The van der Waals surface area contributed by atoms with Crippen LogP contribution in [0.1, 0.15) is 39.9 Å². The van der Waals surface area contributed by atoms with Crippen molar-refractivity contribution in [2.75, 3.05) is 6.54 Å². The fourth-order valence-electron chi connectivity index (χ4n) is 2.34. The molecule has 0 spiro atoms. The van der Waals surface area contributed by atoms with Crippen molar-refractivity contribution >= 4 is 11.0 Å². The molecule has 0 unspecified atom stereocenters. The Balaban J connectivity index is 2.19. The van der Waals surface area contributed by atoms with E-state index in [4.69, 9.17) is 4.98 Å². The van der Waals surface area contributed by atoms with E-state index in [2.05, 4.69) is 61.8 Å². The monoisotopic (exact) mass is 259 g/mol. The topological polar surface area (TPSA) is 29.9 Å². The van der Waals surface area contributed by atoms with Crippen LogP contribution in [-0.4, -0.2) is 21.6 Å². The van der Waals surface area contributed by atoms with E-state index in [-0.39, 0.29) is 5.54 Å². The van der Waals surface area contributed by atoms with Gasteiger partial charge in [-0.15, -0.1) is 0 Å². The Kier molecular flexibility index (Phi) is 4.25. The van der Waals surface area contributed by atoms with E-state index in [9.17, 15) is 0 Å². The van der Waals surface area contributed by atoms with Crippen molar-refractivity contribution < 1.29 is 0 Å². The van der Waals surface area contributed by atoms with Gasteiger partial charge in [0.15, 0.2) is 0 Å². The minimum atomic E-state index is 0.168. The van der Waals surface area contributed by atoms with Crippen LogP contribution in [0.25, 0.3) is 11.0 Å². The average molecular weight is 259 g/mol. The first-order chi connectivity index (χ1) is 9.01. The number of imidazole rings is 1. The summed E-state index contributed by atoms with van der Waals surface area (Å²) in [5.41, 5.74) is 2.54. The van der Waals surface area contributed by atoms with Crippen LogP contribution in [0.4, 0.5) is 0 Å². The lowest BCUT2D eigenvalue weighted by molar-refractivity contribution is 0.425. The van der Waals surface area contributed by atoms with Crippen molar-refractivity contribution in [2.24, 2.45) is 0 Å². The lowest BCUT2D eigenvalue weighted by atomic mass is 10.1. The Labute approximate surface area is 116 Å². The van der Waals surface area contributed by atoms with Crippen LogP contribution in [0.15, 0.2) is 24.3 Å². The van der Waals surface area contributed by atoms with Crippen LogP contribution < -0.4 is 5.32 Å². The zero-order valence-electron chi connectivity index (χ0n) is 12.5. The third-order valence-corrected chi connectivity index (χ3v) is 3.18. The van der Waals surface area contributed by atoms with Gasteiger partial charge in [0.05, 0.1) is 11.0 Å². The first kappa shape index (κ1) is 14.1. The van der Waals surface area contributed by atoms with E-state index >= 15 is 0 Å². The van der Waals surface area contributed by atoms with Crippen LogP contribution in [0.2, 0.25) is 0 Å². The number of nitrogens with one attached hydrogen (secondary N) is 1. The highest BCUT2D eigenvalue weighted by Crippen LogP contribution is 2.17. The summed E-state index contributed by atoms with van der Waals surface area (Å²) < 4.78 is 2.36. The van der Waals surface area contributed by atoms with Gasteiger partial charge in [0.1, 0.15) is 5.82 Å². The maximum absolute atomic E-state index is 4.77. The fourth-order valence-corrected chi connectivity index (χ4v) is 2.34. The van der Waals surface area contributed by atoms with E-state index in [1.54, 1.807) is 0 Å². The van der Waals surface area contributed by atoms with Gasteiger partial charge in [0, 0.05) is 25.0 Å². The molecule has 1 N–H and O–H groups in total. The molecule has 1 heterocycles. The summed E-state index contributed by atoms with van der Waals surface area (Å²) in [5.74, 6) is 1.19. The molecule has 0 radical (unpaired) electrons. The predicted molar refractivity (Wildman–Crippen MR) is 81.5 cm³/mol. The Morgan fingerprint density at radius 2 is 1.95 bits per heavy atom. The Morgan fingerprint density at radius 3 is 2.63 bits per heavy atom. The van der Waals surface area contributed by atoms with E-state index in [1.165, 1.54) is 11.3 Å². The molecular weight excluding hydrogens is 234 g/mol. The molecule has 0 saturated carbocycles. The molecule has 0 atom stereocenters. The van der Waals surface area contributed by atoms with Crippen molar-refractivity contribution in [2.45, 2.75) is 52.6 Å². The predicted octanol–water partition coefficient (Wildman–Crippen LogP) is 3.38.